The smallest absolute Gasteiger partial charge is 0.0702 e. The zero-order chi connectivity index (χ0) is 32.0. The van der Waals surface area contributed by atoms with Gasteiger partial charge in [0.05, 0.1) is 11.4 Å². The van der Waals surface area contributed by atoms with E-state index in [-0.39, 0.29) is 0 Å². The Bertz CT molecular complexity index is 1360. The Kier molecular flexibility index (Phi) is 11.7. The average molecular weight is 578 g/mol. The quantitative estimate of drug-likeness (QED) is 0.226. The Morgan fingerprint density at radius 3 is 1.14 bits per heavy atom. The molecule has 43 heavy (non-hydrogen) atoms. The van der Waals surface area contributed by atoms with E-state index >= 15 is 0 Å². The molecular weight excluding hydrogens is 522 g/mol. The number of rotatable bonds is 11. The first kappa shape index (κ1) is 34.0. The molecule has 1 N–H and O–H groups in total. The summed E-state index contributed by atoms with van der Waals surface area (Å²) in [6.07, 6.45) is 0. The first-order valence-electron chi connectivity index (χ1n) is 16.2. The zero-order valence-corrected chi connectivity index (χ0v) is 29.1. The Morgan fingerprint density at radius 2 is 0.791 bits per heavy atom. The fraction of sp³-hybridized carbons (Fsp3) is 0.450. The Balaban J connectivity index is 2.35. The van der Waals surface area contributed by atoms with Crippen molar-refractivity contribution in [2.24, 2.45) is 9.98 Å². The summed E-state index contributed by atoms with van der Waals surface area (Å²) < 4.78 is 0. The Labute approximate surface area is 262 Å². The molecule has 0 bridgehead atoms. The molecule has 0 amide bonds. The van der Waals surface area contributed by atoms with Crippen LogP contribution in [0.15, 0.2) is 81.9 Å². The molecule has 3 rings (SSSR count). The van der Waals surface area contributed by atoms with Crippen LogP contribution in [0.3, 0.4) is 0 Å². The molecule has 3 aromatic carbocycles. The maximum atomic E-state index is 5.44. The first-order chi connectivity index (χ1) is 20.2. The molecule has 0 atom stereocenters. The molecule has 0 unspecified atom stereocenters. The minimum Gasteiger partial charge on any atom is -0.358 e. The second-order valence-corrected chi connectivity index (χ2v) is 13.5. The lowest BCUT2D eigenvalue weighted by atomic mass is 9.92. The standard InChI is InChI=1S/C40H55N3/c1-24(2)32-18-14-15-23-37(32)41-29(11)38(30(12)42-39-33(25(3)4)19-16-20-34(39)26(5)6)31(13)43-40-35(27(7)8)21-17-22-36(40)28(9)10/h14-28,41H,1-13H3. The number of para-hydroxylation sites is 3. The number of anilines is 1. The van der Waals surface area contributed by atoms with Crippen LogP contribution in [0.5, 0.6) is 0 Å². The highest BCUT2D eigenvalue weighted by Gasteiger charge is 2.20. The maximum Gasteiger partial charge on any atom is 0.0702 e. The lowest BCUT2D eigenvalue weighted by molar-refractivity contribution is 0.834. The molecule has 230 valence electrons. The van der Waals surface area contributed by atoms with E-state index in [1.54, 1.807) is 0 Å². The van der Waals surface area contributed by atoms with Gasteiger partial charge in [-0.15, -0.1) is 0 Å². The van der Waals surface area contributed by atoms with Crippen LogP contribution >= 0.6 is 0 Å². The summed E-state index contributed by atoms with van der Waals surface area (Å²) in [6.45, 7) is 29.0. The van der Waals surface area contributed by atoms with E-state index in [0.29, 0.717) is 29.6 Å². The molecule has 0 aliphatic heterocycles. The highest BCUT2D eigenvalue weighted by atomic mass is 14.9. The number of nitrogens with one attached hydrogen (secondary N) is 1. The number of allylic oxidation sites excluding steroid dienone is 2. The van der Waals surface area contributed by atoms with E-state index in [4.69, 9.17) is 9.98 Å². The fourth-order valence-corrected chi connectivity index (χ4v) is 5.91. The summed E-state index contributed by atoms with van der Waals surface area (Å²) in [4.78, 5) is 10.9. The summed E-state index contributed by atoms with van der Waals surface area (Å²) in [7, 11) is 0. The van der Waals surface area contributed by atoms with Gasteiger partial charge in [-0.05, 0) is 84.2 Å². The molecule has 0 heterocycles. The molecule has 0 aliphatic rings. The van der Waals surface area contributed by atoms with Crippen molar-refractivity contribution in [3.05, 3.63) is 99.8 Å². The minimum atomic E-state index is 0.371. The normalized spacial score (nSPS) is 12.7. The maximum absolute atomic E-state index is 5.44. The summed E-state index contributed by atoms with van der Waals surface area (Å²) in [5.41, 5.74) is 13.8. The second-order valence-electron chi connectivity index (χ2n) is 13.5. The molecule has 0 saturated heterocycles. The van der Waals surface area contributed by atoms with Crippen molar-refractivity contribution in [1.29, 1.82) is 0 Å². The van der Waals surface area contributed by atoms with Gasteiger partial charge in [-0.1, -0.05) is 124 Å². The van der Waals surface area contributed by atoms with E-state index in [9.17, 15) is 0 Å². The summed E-state index contributed by atoms with van der Waals surface area (Å²) in [5, 5.41) is 3.79. The number of nitrogens with zero attached hydrogens (tertiary/aromatic N) is 2. The van der Waals surface area contributed by atoms with Crippen molar-refractivity contribution in [2.75, 3.05) is 5.32 Å². The van der Waals surface area contributed by atoms with Crippen LogP contribution in [0.4, 0.5) is 17.1 Å². The van der Waals surface area contributed by atoms with Crippen LogP contribution in [-0.4, -0.2) is 11.4 Å². The van der Waals surface area contributed by atoms with Gasteiger partial charge in [0.2, 0.25) is 0 Å². The number of aliphatic imine (C=N–C) groups is 2. The van der Waals surface area contributed by atoms with Crippen LogP contribution < -0.4 is 5.32 Å². The van der Waals surface area contributed by atoms with Gasteiger partial charge in [0.15, 0.2) is 0 Å². The van der Waals surface area contributed by atoms with Crippen molar-refractivity contribution >= 4 is 28.5 Å². The molecule has 0 aliphatic carbocycles. The highest BCUT2D eigenvalue weighted by molar-refractivity contribution is 6.24. The lowest BCUT2D eigenvalue weighted by Gasteiger charge is -2.21. The average Bonchev–Trinajstić information content (AvgIpc) is 2.92. The van der Waals surface area contributed by atoms with Gasteiger partial charge in [0, 0.05) is 28.4 Å². The molecule has 0 spiro atoms. The number of hydrogen-bond donors (Lipinski definition) is 1. The number of hydrogen-bond acceptors (Lipinski definition) is 3. The molecule has 0 saturated carbocycles. The van der Waals surface area contributed by atoms with Crippen LogP contribution in [-0.2, 0) is 0 Å². The molecular formula is C40H55N3. The van der Waals surface area contributed by atoms with Gasteiger partial charge in [0.25, 0.3) is 0 Å². The van der Waals surface area contributed by atoms with Gasteiger partial charge >= 0.3 is 0 Å². The number of benzene rings is 3. The van der Waals surface area contributed by atoms with Crippen molar-refractivity contribution < 1.29 is 0 Å². The lowest BCUT2D eigenvalue weighted by Crippen LogP contribution is -2.15. The minimum absolute atomic E-state index is 0.371. The first-order valence-corrected chi connectivity index (χ1v) is 16.2. The fourth-order valence-electron chi connectivity index (χ4n) is 5.91. The van der Waals surface area contributed by atoms with Crippen LogP contribution in [0.25, 0.3) is 0 Å². The van der Waals surface area contributed by atoms with E-state index < -0.39 is 0 Å². The van der Waals surface area contributed by atoms with Gasteiger partial charge < -0.3 is 5.32 Å². The molecule has 3 aromatic rings. The summed E-state index contributed by atoms with van der Waals surface area (Å²) in [5.74, 6) is 1.89. The predicted octanol–water partition coefficient (Wildman–Crippen LogP) is 12.6. The van der Waals surface area contributed by atoms with E-state index in [0.717, 1.165) is 39.8 Å². The van der Waals surface area contributed by atoms with Crippen molar-refractivity contribution in [3.63, 3.8) is 0 Å². The molecule has 0 fully saturated rings. The third-order valence-electron chi connectivity index (χ3n) is 8.25. The van der Waals surface area contributed by atoms with Crippen molar-refractivity contribution in [3.8, 4) is 0 Å². The van der Waals surface area contributed by atoms with Crippen molar-refractivity contribution in [2.45, 2.75) is 120 Å². The highest BCUT2D eigenvalue weighted by Crippen LogP contribution is 2.38. The zero-order valence-electron chi connectivity index (χ0n) is 29.1. The topological polar surface area (TPSA) is 36.8 Å². The molecule has 0 aromatic heterocycles. The van der Waals surface area contributed by atoms with E-state index in [2.05, 4.69) is 156 Å². The van der Waals surface area contributed by atoms with Crippen LogP contribution in [0.2, 0.25) is 0 Å². The SMILES string of the molecule is CC(=Nc1c(C(C)C)cccc1C(C)C)C(C(C)=Nc1c(C(C)C)cccc1C(C)C)=C(C)Nc1ccccc1C(C)C. The van der Waals surface area contributed by atoms with E-state index in [1.807, 2.05) is 0 Å². The molecule has 3 nitrogen and oxygen atoms in total. The van der Waals surface area contributed by atoms with E-state index in [1.165, 1.54) is 27.8 Å². The summed E-state index contributed by atoms with van der Waals surface area (Å²) in [6, 6.07) is 21.9. The molecule has 3 heteroatoms. The largest absolute Gasteiger partial charge is 0.358 e. The Morgan fingerprint density at radius 1 is 0.465 bits per heavy atom. The third kappa shape index (κ3) is 8.13. The summed E-state index contributed by atoms with van der Waals surface area (Å²) >= 11 is 0. The van der Waals surface area contributed by atoms with Gasteiger partial charge in [-0.3, -0.25) is 9.98 Å². The van der Waals surface area contributed by atoms with Gasteiger partial charge in [0.1, 0.15) is 0 Å². The van der Waals surface area contributed by atoms with Crippen molar-refractivity contribution in [1.82, 2.24) is 0 Å². The monoisotopic (exact) mass is 577 g/mol. The second kappa shape index (κ2) is 14.8. The van der Waals surface area contributed by atoms with Gasteiger partial charge in [-0.25, -0.2) is 0 Å². The van der Waals surface area contributed by atoms with Crippen LogP contribution in [0.1, 0.15) is 147 Å². The van der Waals surface area contributed by atoms with Gasteiger partial charge in [-0.2, -0.15) is 0 Å². The predicted molar refractivity (Wildman–Crippen MR) is 192 cm³/mol. The third-order valence-corrected chi connectivity index (χ3v) is 8.25. The Hall–Kier alpha value is -3.46. The molecule has 0 radical (unpaired) electrons. The van der Waals surface area contributed by atoms with Crippen LogP contribution in [0, 0.1) is 0 Å².